The third kappa shape index (κ3) is 8.47. The summed E-state index contributed by atoms with van der Waals surface area (Å²) in [5.74, 6) is 0.933. The van der Waals surface area contributed by atoms with E-state index in [2.05, 4.69) is 47.3 Å². The zero-order valence-electron chi connectivity index (χ0n) is 27.6. The summed E-state index contributed by atoms with van der Waals surface area (Å²) in [5.41, 5.74) is 4.43. The Morgan fingerprint density at radius 1 is 1.07 bits per heavy atom. The lowest BCUT2D eigenvalue weighted by molar-refractivity contribution is -0.119. The van der Waals surface area contributed by atoms with Crippen molar-refractivity contribution < 1.29 is 19.1 Å². The van der Waals surface area contributed by atoms with E-state index in [9.17, 15) is 9.59 Å². The molecule has 2 N–H and O–H groups in total. The average molecular weight is 636 g/mol. The standard InChI is InChI=1S/C33H49N7O4Si/c1-7-26-29(22(2)38-40(26)21-44-18-19-45(4,5)6)25-12-13-28(34-20-25)36-33(42)31(30(23-8-9-23)24-10-11-24)37-32(41)27-14-15-35-39(27)16-17-43-3/h12-15,20,23-24,30-31H,7-11,16-19,21H2,1-6H3,(H,37,41)(H,34,36,42). The molecule has 3 heterocycles. The van der Waals surface area contributed by atoms with Crippen LogP contribution in [0.3, 0.4) is 0 Å². The highest BCUT2D eigenvalue weighted by atomic mass is 28.3. The van der Waals surface area contributed by atoms with Gasteiger partial charge in [-0.3, -0.25) is 14.3 Å². The molecule has 0 bridgehead atoms. The Labute approximate surface area is 267 Å². The molecule has 0 spiro atoms. The van der Waals surface area contributed by atoms with Crippen molar-refractivity contribution in [2.24, 2.45) is 17.8 Å². The molecule has 2 saturated carbocycles. The fourth-order valence-corrected chi connectivity index (χ4v) is 6.90. The average Bonchev–Trinajstić information content (AvgIpc) is 3.94. The predicted molar refractivity (Wildman–Crippen MR) is 177 cm³/mol. The maximum Gasteiger partial charge on any atom is 0.270 e. The van der Waals surface area contributed by atoms with Gasteiger partial charge in [0.25, 0.3) is 5.91 Å². The molecule has 12 heteroatoms. The molecule has 3 aromatic rings. The van der Waals surface area contributed by atoms with Crippen molar-refractivity contribution in [2.75, 3.05) is 25.6 Å². The molecule has 0 aliphatic heterocycles. The molecule has 2 aliphatic carbocycles. The fourth-order valence-electron chi connectivity index (χ4n) is 6.14. The highest BCUT2D eigenvalue weighted by Gasteiger charge is 2.48. The van der Waals surface area contributed by atoms with Crippen molar-refractivity contribution in [3.8, 4) is 11.1 Å². The molecular formula is C33H49N7O4Si. The quantitative estimate of drug-likeness (QED) is 0.155. The van der Waals surface area contributed by atoms with E-state index in [1.807, 2.05) is 23.7 Å². The zero-order valence-corrected chi connectivity index (χ0v) is 28.6. The number of ether oxygens (including phenoxy) is 2. The van der Waals surface area contributed by atoms with E-state index < -0.39 is 14.1 Å². The van der Waals surface area contributed by atoms with Crippen molar-refractivity contribution >= 4 is 25.7 Å². The van der Waals surface area contributed by atoms with E-state index in [4.69, 9.17) is 14.6 Å². The van der Waals surface area contributed by atoms with Crippen molar-refractivity contribution in [1.29, 1.82) is 0 Å². The summed E-state index contributed by atoms with van der Waals surface area (Å²) in [6.07, 6.45) is 8.57. The van der Waals surface area contributed by atoms with Crippen LogP contribution in [0.4, 0.5) is 5.82 Å². The number of carbonyl (C=O) groups excluding carboxylic acids is 2. The third-order valence-electron chi connectivity index (χ3n) is 8.82. The summed E-state index contributed by atoms with van der Waals surface area (Å²) in [6, 6.07) is 5.94. The predicted octanol–water partition coefficient (Wildman–Crippen LogP) is 5.14. The van der Waals surface area contributed by atoms with Crippen LogP contribution in [-0.4, -0.2) is 70.8 Å². The lowest BCUT2D eigenvalue weighted by atomic mass is 9.88. The number of anilines is 1. The second-order valence-electron chi connectivity index (χ2n) is 13.7. The highest BCUT2D eigenvalue weighted by molar-refractivity contribution is 6.76. The lowest BCUT2D eigenvalue weighted by Crippen LogP contribution is -2.50. The Bertz CT molecular complexity index is 1440. The number of aromatic nitrogens is 5. The van der Waals surface area contributed by atoms with Gasteiger partial charge in [0.2, 0.25) is 5.91 Å². The van der Waals surface area contributed by atoms with Crippen molar-refractivity contribution in [2.45, 2.75) is 91.0 Å². The Morgan fingerprint density at radius 2 is 1.80 bits per heavy atom. The van der Waals surface area contributed by atoms with Crippen LogP contribution < -0.4 is 10.6 Å². The molecule has 0 aromatic carbocycles. The van der Waals surface area contributed by atoms with Crippen LogP contribution in [0.15, 0.2) is 30.6 Å². The number of nitrogens with zero attached hydrogens (tertiary/aromatic N) is 5. The van der Waals surface area contributed by atoms with Crippen LogP contribution in [0, 0.1) is 24.7 Å². The molecule has 3 aromatic heterocycles. The van der Waals surface area contributed by atoms with Crippen LogP contribution in [0.1, 0.15) is 54.5 Å². The molecule has 2 amide bonds. The van der Waals surface area contributed by atoms with E-state index >= 15 is 0 Å². The molecule has 0 saturated heterocycles. The van der Waals surface area contributed by atoms with Crippen molar-refractivity contribution in [1.82, 2.24) is 29.9 Å². The molecule has 244 valence electrons. The van der Waals surface area contributed by atoms with Crippen LogP contribution in [0.5, 0.6) is 0 Å². The van der Waals surface area contributed by atoms with Crippen LogP contribution in [-0.2, 0) is 34.0 Å². The van der Waals surface area contributed by atoms with Gasteiger partial charge in [0.1, 0.15) is 24.3 Å². The second-order valence-corrected chi connectivity index (χ2v) is 19.3. The first-order valence-corrected chi connectivity index (χ1v) is 20.0. The van der Waals surface area contributed by atoms with Crippen molar-refractivity contribution in [3.05, 3.63) is 47.7 Å². The third-order valence-corrected chi connectivity index (χ3v) is 10.5. The first-order valence-electron chi connectivity index (χ1n) is 16.3. The summed E-state index contributed by atoms with van der Waals surface area (Å²) in [5, 5.41) is 15.1. The van der Waals surface area contributed by atoms with Crippen LogP contribution in [0.25, 0.3) is 11.1 Å². The number of hydrogen-bond acceptors (Lipinski definition) is 7. The molecule has 1 unspecified atom stereocenters. The molecule has 0 radical (unpaired) electrons. The number of aryl methyl sites for hydroxylation is 1. The number of rotatable bonds is 17. The summed E-state index contributed by atoms with van der Waals surface area (Å²) < 4.78 is 14.7. The van der Waals surface area contributed by atoms with E-state index in [1.54, 1.807) is 30.3 Å². The Morgan fingerprint density at radius 3 is 2.40 bits per heavy atom. The first-order chi connectivity index (χ1) is 21.6. The molecule has 2 aliphatic rings. The van der Waals surface area contributed by atoms with Crippen LogP contribution >= 0.6 is 0 Å². The normalized spacial score (nSPS) is 15.8. The van der Waals surface area contributed by atoms with Gasteiger partial charge in [-0.1, -0.05) is 26.6 Å². The number of carbonyl (C=O) groups is 2. The second kappa shape index (κ2) is 14.4. The fraction of sp³-hybridized carbons (Fsp3) is 0.606. The Kier molecular flexibility index (Phi) is 10.6. The number of amides is 2. The molecule has 5 rings (SSSR count). The number of methoxy groups -OCH3 is 1. The smallest absolute Gasteiger partial charge is 0.270 e. The van der Waals surface area contributed by atoms with Gasteiger partial charge in [-0.05, 0) is 81.0 Å². The number of pyridine rings is 1. The zero-order chi connectivity index (χ0) is 32.1. The van der Waals surface area contributed by atoms with Gasteiger partial charge in [-0.15, -0.1) is 0 Å². The van der Waals surface area contributed by atoms with Gasteiger partial charge in [0.05, 0.1) is 18.8 Å². The number of nitrogens with one attached hydrogen (secondary N) is 2. The maximum absolute atomic E-state index is 13.8. The SMILES string of the molecule is CCc1c(-c2ccc(NC(=O)C(NC(=O)c3ccnn3CCOC)C(C3CC3)C3CC3)nc2)c(C)nn1COCC[Si](C)(C)C. The molecule has 1 atom stereocenters. The lowest BCUT2D eigenvalue weighted by Gasteiger charge is -2.27. The largest absolute Gasteiger partial charge is 0.383 e. The summed E-state index contributed by atoms with van der Waals surface area (Å²) in [6.45, 7) is 13.2. The first kappa shape index (κ1) is 33.0. The highest BCUT2D eigenvalue weighted by Crippen LogP contribution is 2.51. The molecular weight excluding hydrogens is 586 g/mol. The van der Waals surface area contributed by atoms with Gasteiger partial charge in [-0.25, -0.2) is 9.67 Å². The van der Waals surface area contributed by atoms with E-state index in [-0.39, 0.29) is 17.7 Å². The van der Waals surface area contributed by atoms with Crippen molar-refractivity contribution in [3.63, 3.8) is 0 Å². The van der Waals surface area contributed by atoms with Gasteiger partial charge in [0.15, 0.2) is 0 Å². The van der Waals surface area contributed by atoms with Gasteiger partial charge < -0.3 is 20.1 Å². The minimum atomic E-state index is -1.16. The topological polar surface area (TPSA) is 125 Å². The Balaban J connectivity index is 1.29. The van der Waals surface area contributed by atoms with Gasteiger partial charge in [0, 0.05) is 51.0 Å². The Hall–Kier alpha value is -3.35. The maximum atomic E-state index is 13.8. The minimum absolute atomic E-state index is 0.108. The summed E-state index contributed by atoms with van der Waals surface area (Å²) in [4.78, 5) is 31.9. The molecule has 45 heavy (non-hydrogen) atoms. The summed E-state index contributed by atoms with van der Waals surface area (Å²) >= 11 is 0. The van der Waals surface area contributed by atoms with Crippen LogP contribution in [0.2, 0.25) is 25.7 Å². The van der Waals surface area contributed by atoms with E-state index in [1.165, 1.54) is 0 Å². The van der Waals surface area contributed by atoms with Gasteiger partial charge in [-0.2, -0.15) is 10.2 Å². The minimum Gasteiger partial charge on any atom is -0.383 e. The molecule has 2 fully saturated rings. The van der Waals surface area contributed by atoms with Gasteiger partial charge >= 0.3 is 0 Å². The van der Waals surface area contributed by atoms with E-state index in [0.717, 1.165) is 67.3 Å². The summed E-state index contributed by atoms with van der Waals surface area (Å²) in [7, 11) is 0.453. The molecule has 11 nitrogen and oxygen atoms in total. The monoisotopic (exact) mass is 635 g/mol. The number of hydrogen-bond donors (Lipinski definition) is 2. The van der Waals surface area contributed by atoms with E-state index in [0.29, 0.717) is 43.2 Å².